The molecule has 0 unspecified atom stereocenters. The van der Waals surface area contributed by atoms with E-state index in [9.17, 15) is 14.4 Å². The highest BCUT2D eigenvalue weighted by Crippen LogP contribution is 2.38. The number of piperidine rings is 1. The number of aromatic nitrogens is 1. The van der Waals surface area contributed by atoms with E-state index in [2.05, 4.69) is 4.98 Å². The lowest BCUT2D eigenvalue weighted by Crippen LogP contribution is -2.58. The van der Waals surface area contributed by atoms with Crippen molar-refractivity contribution in [1.82, 2.24) is 19.7 Å². The first-order valence-corrected chi connectivity index (χ1v) is 9.21. The minimum Gasteiger partial charge on any atom is -0.438 e. The number of amides is 4. The summed E-state index contributed by atoms with van der Waals surface area (Å²) < 4.78 is 10.1. The van der Waals surface area contributed by atoms with Crippen molar-refractivity contribution >= 4 is 17.8 Å². The molecule has 27 heavy (non-hydrogen) atoms. The van der Waals surface area contributed by atoms with Gasteiger partial charge in [-0.05, 0) is 18.8 Å². The van der Waals surface area contributed by atoms with E-state index in [1.165, 1.54) is 17.5 Å². The van der Waals surface area contributed by atoms with Crippen LogP contribution >= 0.6 is 0 Å². The maximum absolute atomic E-state index is 13.2. The molecule has 4 amide bonds. The van der Waals surface area contributed by atoms with Crippen LogP contribution in [-0.2, 0) is 9.53 Å². The predicted octanol–water partition coefficient (Wildman–Crippen LogP) is 1.22. The van der Waals surface area contributed by atoms with Gasteiger partial charge in [-0.3, -0.25) is 14.5 Å². The number of nitrogens with zero attached hydrogens (tertiary/aromatic N) is 4. The van der Waals surface area contributed by atoms with Gasteiger partial charge in [-0.15, -0.1) is 0 Å². The lowest BCUT2D eigenvalue weighted by Gasteiger charge is -2.42. The summed E-state index contributed by atoms with van der Waals surface area (Å²) in [6, 6.07) is -0.263. The largest absolute Gasteiger partial charge is 0.438 e. The van der Waals surface area contributed by atoms with Crippen molar-refractivity contribution in [2.45, 2.75) is 32.2 Å². The summed E-state index contributed by atoms with van der Waals surface area (Å²) >= 11 is 0. The predicted molar refractivity (Wildman–Crippen MR) is 94.9 cm³/mol. The highest BCUT2D eigenvalue weighted by molar-refractivity contribution is 6.07. The van der Waals surface area contributed by atoms with Crippen molar-refractivity contribution in [2.24, 2.45) is 5.92 Å². The maximum Gasteiger partial charge on any atom is 0.327 e. The van der Waals surface area contributed by atoms with Gasteiger partial charge in [0, 0.05) is 26.7 Å². The fourth-order valence-electron chi connectivity index (χ4n) is 3.82. The van der Waals surface area contributed by atoms with E-state index in [0.717, 1.165) is 0 Å². The second-order valence-corrected chi connectivity index (χ2v) is 7.43. The van der Waals surface area contributed by atoms with Crippen LogP contribution in [-0.4, -0.2) is 83.0 Å². The van der Waals surface area contributed by atoms with Gasteiger partial charge in [0.05, 0.1) is 19.3 Å². The molecule has 0 bridgehead atoms. The average Bonchev–Trinajstić information content (AvgIpc) is 3.25. The molecule has 3 heterocycles. The first-order chi connectivity index (χ1) is 12.9. The summed E-state index contributed by atoms with van der Waals surface area (Å²) in [4.78, 5) is 47.0. The third kappa shape index (κ3) is 3.43. The fourth-order valence-corrected chi connectivity index (χ4v) is 3.82. The maximum atomic E-state index is 13.2. The van der Waals surface area contributed by atoms with E-state index in [1.54, 1.807) is 16.9 Å². The second kappa shape index (κ2) is 7.67. The van der Waals surface area contributed by atoms with Crippen LogP contribution in [0.1, 0.15) is 37.2 Å². The zero-order chi connectivity index (χ0) is 19.6. The zero-order valence-electron chi connectivity index (χ0n) is 16.0. The number of hydrogen-bond donors (Lipinski definition) is 0. The molecule has 148 valence electrons. The minimum absolute atomic E-state index is 0.181. The number of oxazole rings is 1. The van der Waals surface area contributed by atoms with Gasteiger partial charge in [0.15, 0.2) is 6.39 Å². The smallest absolute Gasteiger partial charge is 0.327 e. The molecular weight excluding hydrogens is 352 g/mol. The lowest BCUT2D eigenvalue weighted by atomic mass is 9.85. The van der Waals surface area contributed by atoms with E-state index in [1.807, 2.05) is 13.8 Å². The molecule has 2 aliphatic rings. The molecule has 2 aliphatic heterocycles. The summed E-state index contributed by atoms with van der Waals surface area (Å²) in [7, 11) is 1.54. The molecule has 2 saturated heterocycles. The molecule has 9 nitrogen and oxygen atoms in total. The molecule has 0 saturated carbocycles. The Labute approximate surface area is 158 Å². The first kappa shape index (κ1) is 19.3. The minimum atomic E-state index is -0.882. The molecule has 0 aromatic carbocycles. The Balaban J connectivity index is 1.78. The average molecular weight is 378 g/mol. The van der Waals surface area contributed by atoms with E-state index in [4.69, 9.17) is 9.15 Å². The van der Waals surface area contributed by atoms with Gasteiger partial charge < -0.3 is 19.0 Å². The first-order valence-electron chi connectivity index (χ1n) is 9.21. The quantitative estimate of drug-likeness (QED) is 0.691. The summed E-state index contributed by atoms with van der Waals surface area (Å²) in [5.41, 5.74) is -0.882. The molecular formula is C18H26N4O5. The number of likely N-dealkylation sites (tertiary alicyclic amines) is 1. The van der Waals surface area contributed by atoms with E-state index in [-0.39, 0.29) is 36.1 Å². The zero-order valence-corrected chi connectivity index (χ0v) is 16.0. The Kier molecular flexibility index (Phi) is 5.50. The standard InChI is InChI=1S/C18H26N4O5/c1-13(2)11-22-17(25)21(8-9-26-3)16(24)18(22)4-6-20(7-5-18)15(23)14-10-19-12-27-14/h10,12-13H,4-9,11H2,1-3H3. The topological polar surface area (TPSA) is 96.2 Å². The molecule has 9 heteroatoms. The monoisotopic (exact) mass is 378 g/mol. The van der Waals surface area contributed by atoms with Crippen LogP contribution < -0.4 is 0 Å². The van der Waals surface area contributed by atoms with Gasteiger partial charge in [-0.25, -0.2) is 9.78 Å². The SMILES string of the molecule is COCCN1C(=O)N(CC(C)C)C2(CCN(C(=O)c3cnco3)CC2)C1=O. The second-order valence-electron chi connectivity index (χ2n) is 7.43. The molecule has 0 aliphatic carbocycles. The molecule has 1 spiro atoms. The van der Waals surface area contributed by atoms with Crippen molar-refractivity contribution < 1.29 is 23.5 Å². The molecule has 1 aromatic heterocycles. The van der Waals surface area contributed by atoms with Crippen molar-refractivity contribution in [3.63, 3.8) is 0 Å². The number of urea groups is 1. The van der Waals surface area contributed by atoms with Crippen LogP contribution in [0.4, 0.5) is 4.79 Å². The fraction of sp³-hybridized carbons (Fsp3) is 0.667. The Morgan fingerprint density at radius 2 is 2.04 bits per heavy atom. The van der Waals surface area contributed by atoms with Crippen LogP contribution in [0, 0.1) is 5.92 Å². The van der Waals surface area contributed by atoms with Gasteiger partial charge in [-0.1, -0.05) is 13.8 Å². The highest BCUT2D eigenvalue weighted by atomic mass is 16.5. The van der Waals surface area contributed by atoms with Crippen molar-refractivity contribution in [3.05, 3.63) is 18.4 Å². The Hall–Kier alpha value is -2.42. The number of methoxy groups -OCH3 is 1. The van der Waals surface area contributed by atoms with Gasteiger partial charge in [0.1, 0.15) is 5.54 Å². The van der Waals surface area contributed by atoms with E-state index in [0.29, 0.717) is 39.1 Å². The molecule has 0 N–H and O–H groups in total. The summed E-state index contributed by atoms with van der Waals surface area (Å²) in [5.74, 6) is -0.0156. The van der Waals surface area contributed by atoms with Gasteiger partial charge in [0.25, 0.3) is 11.8 Å². The number of carbonyl (C=O) groups is 3. The lowest BCUT2D eigenvalue weighted by molar-refractivity contribution is -0.135. The van der Waals surface area contributed by atoms with Crippen molar-refractivity contribution in [2.75, 3.05) is 39.9 Å². The molecule has 1 aromatic rings. The summed E-state index contributed by atoms with van der Waals surface area (Å²) in [6.45, 7) is 5.85. The van der Waals surface area contributed by atoms with Crippen LogP contribution in [0.3, 0.4) is 0 Å². The number of hydrogen-bond acceptors (Lipinski definition) is 6. The molecule has 2 fully saturated rings. The van der Waals surface area contributed by atoms with Gasteiger partial charge in [-0.2, -0.15) is 0 Å². The summed E-state index contributed by atoms with van der Waals surface area (Å²) in [6.07, 6.45) is 3.42. The number of imide groups is 1. The molecule has 0 radical (unpaired) electrons. The molecule has 0 atom stereocenters. The molecule has 3 rings (SSSR count). The van der Waals surface area contributed by atoms with Crippen molar-refractivity contribution in [1.29, 1.82) is 0 Å². The van der Waals surface area contributed by atoms with Crippen LogP contribution in [0.15, 0.2) is 17.0 Å². The van der Waals surface area contributed by atoms with Crippen molar-refractivity contribution in [3.8, 4) is 0 Å². The van der Waals surface area contributed by atoms with Crippen LogP contribution in [0.25, 0.3) is 0 Å². The highest BCUT2D eigenvalue weighted by Gasteiger charge is 2.58. The number of ether oxygens (including phenoxy) is 1. The Morgan fingerprint density at radius 3 is 2.59 bits per heavy atom. The van der Waals surface area contributed by atoms with Gasteiger partial charge >= 0.3 is 6.03 Å². The third-order valence-electron chi connectivity index (χ3n) is 5.21. The van der Waals surface area contributed by atoms with Crippen LogP contribution in [0.5, 0.6) is 0 Å². The number of rotatable bonds is 6. The van der Waals surface area contributed by atoms with Crippen LogP contribution in [0.2, 0.25) is 0 Å². The Bertz CT molecular complexity index is 695. The Morgan fingerprint density at radius 1 is 1.33 bits per heavy atom. The van der Waals surface area contributed by atoms with E-state index >= 15 is 0 Å². The third-order valence-corrected chi connectivity index (χ3v) is 5.21. The van der Waals surface area contributed by atoms with E-state index < -0.39 is 5.54 Å². The summed E-state index contributed by atoms with van der Waals surface area (Å²) in [5, 5.41) is 0. The number of carbonyl (C=O) groups excluding carboxylic acids is 3. The van der Waals surface area contributed by atoms with Gasteiger partial charge in [0.2, 0.25) is 5.76 Å². The normalized spacial score (nSPS) is 19.6.